The number of imidazole rings is 1. The minimum Gasteiger partial charge on any atom is -0.352 e. The van der Waals surface area contributed by atoms with Crippen molar-refractivity contribution in [2.24, 2.45) is 10.9 Å². The van der Waals surface area contributed by atoms with Crippen LogP contribution in [0.3, 0.4) is 0 Å². The number of hydrogen-bond acceptors (Lipinski definition) is 3. The van der Waals surface area contributed by atoms with E-state index in [4.69, 9.17) is 0 Å². The van der Waals surface area contributed by atoms with Crippen LogP contribution in [0.15, 0.2) is 48.0 Å². The first-order valence-corrected chi connectivity index (χ1v) is 9.80. The van der Waals surface area contributed by atoms with Crippen molar-refractivity contribution in [3.05, 3.63) is 54.1 Å². The normalized spacial score (nSPS) is 21.0. The molecule has 27 heavy (non-hydrogen) atoms. The van der Waals surface area contributed by atoms with Gasteiger partial charge in [-0.15, -0.1) is 0 Å². The van der Waals surface area contributed by atoms with Crippen molar-refractivity contribution in [3.8, 4) is 0 Å². The van der Waals surface area contributed by atoms with E-state index in [9.17, 15) is 0 Å². The van der Waals surface area contributed by atoms with Gasteiger partial charge in [0.05, 0.1) is 6.33 Å². The molecule has 0 bridgehead atoms. The lowest BCUT2D eigenvalue weighted by molar-refractivity contribution is 0.265. The second kappa shape index (κ2) is 9.04. The number of likely N-dealkylation sites (tertiary alicyclic amines) is 1. The fraction of sp³-hybridized carbons (Fsp3) is 0.524. The van der Waals surface area contributed by atoms with Crippen LogP contribution in [0.1, 0.15) is 31.9 Å². The van der Waals surface area contributed by atoms with Gasteiger partial charge in [0.15, 0.2) is 5.96 Å². The lowest BCUT2D eigenvalue weighted by atomic mass is 10.1. The molecule has 0 aliphatic carbocycles. The Morgan fingerprint density at radius 3 is 2.56 bits per heavy atom. The molecular weight excluding hydrogens is 336 g/mol. The molecule has 1 aromatic heterocycles. The average molecular weight is 369 g/mol. The van der Waals surface area contributed by atoms with E-state index in [0.717, 1.165) is 32.1 Å². The molecule has 2 unspecified atom stereocenters. The van der Waals surface area contributed by atoms with Gasteiger partial charge in [-0.3, -0.25) is 9.89 Å². The van der Waals surface area contributed by atoms with Gasteiger partial charge >= 0.3 is 0 Å². The zero-order chi connectivity index (χ0) is 19.2. The maximum atomic E-state index is 4.40. The van der Waals surface area contributed by atoms with E-state index in [1.54, 1.807) is 0 Å². The summed E-state index contributed by atoms with van der Waals surface area (Å²) < 4.78 is 2.07. The van der Waals surface area contributed by atoms with Gasteiger partial charge < -0.3 is 15.2 Å². The quantitative estimate of drug-likeness (QED) is 0.607. The predicted molar refractivity (Wildman–Crippen MR) is 111 cm³/mol. The molecule has 2 N–H and O–H groups in total. The number of hydrogen-bond donors (Lipinski definition) is 2. The van der Waals surface area contributed by atoms with Crippen LogP contribution >= 0.6 is 0 Å². The van der Waals surface area contributed by atoms with Gasteiger partial charge in [-0.2, -0.15) is 0 Å². The molecule has 2 heterocycles. The highest BCUT2D eigenvalue weighted by Crippen LogP contribution is 2.18. The summed E-state index contributed by atoms with van der Waals surface area (Å²) in [6.45, 7) is 10.7. The molecule has 0 saturated carbocycles. The number of aliphatic imine (C=N–C) groups is 1. The Balaban J connectivity index is 1.49. The SMILES string of the molecule is CN=C(NCc1ccc(Cn2ccnc2)cc1)NC1CN(C(C)C)CC1C. The van der Waals surface area contributed by atoms with Crippen LogP contribution in [0.25, 0.3) is 0 Å². The fourth-order valence-electron chi connectivity index (χ4n) is 3.52. The van der Waals surface area contributed by atoms with Crippen molar-refractivity contribution in [1.29, 1.82) is 0 Å². The average Bonchev–Trinajstić information content (AvgIpc) is 3.30. The standard InChI is InChI=1S/C21H32N6/c1-16(2)27-12-17(3)20(14-27)25-21(22-4)24-11-18-5-7-19(8-6-18)13-26-10-9-23-15-26/h5-10,15-17,20H,11-14H2,1-4H3,(H2,22,24,25). The molecule has 146 valence electrons. The summed E-state index contributed by atoms with van der Waals surface area (Å²) in [5.74, 6) is 1.49. The minimum absolute atomic E-state index is 0.441. The van der Waals surface area contributed by atoms with Crippen LogP contribution in [0.4, 0.5) is 0 Å². The zero-order valence-electron chi connectivity index (χ0n) is 16.9. The van der Waals surface area contributed by atoms with Gasteiger partial charge in [0.1, 0.15) is 0 Å². The summed E-state index contributed by atoms with van der Waals surface area (Å²) in [5.41, 5.74) is 2.52. The van der Waals surface area contributed by atoms with E-state index < -0.39 is 0 Å². The third-order valence-electron chi connectivity index (χ3n) is 5.32. The van der Waals surface area contributed by atoms with Gasteiger partial charge in [-0.25, -0.2) is 4.98 Å². The van der Waals surface area contributed by atoms with Crippen molar-refractivity contribution >= 4 is 5.96 Å². The Kier molecular flexibility index (Phi) is 6.50. The third kappa shape index (κ3) is 5.32. The van der Waals surface area contributed by atoms with Gasteiger partial charge in [0, 0.05) is 57.7 Å². The fourth-order valence-corrected chi connectivity index (χ4v) is 3.52. The Bertz CT molecular complexity index is 720. The highest BCUT2D eigenvalue weighted by Gasteiger charge is 2.31. The highest BCUT2D eigenvalue weighted by molar-refractivity contribution is 5.80. The second-order valence-electron chi connectivity index (χ2n) is 7.75. The molecule has 0 radical (unpaired) electrons. The first-order valence-electron chi connectivity index (χ1n) is 9.80. The molecule has 1 fully saturated rings. The Morgan fingerprint density at radius 2 is 1.96 bits per heavy atom. The number of benzene rings is 1. The van der Waals surface area contributed by atoms with E-state index in [2.05, 4.69) is 75.1 Å². The van der Waals surface area contributed by atoms with Gasteiger partial charge in [-0.1, -0.05) is 31.2 Å². The molecule has 0 spiro atoms. The van der Waals surface area contributed by atoms with Crippen LogP contribution in [0, 0.1) is 5.92 Å². The summed E-state index contributed by atoms with van der Waals surface area (Å²) in [7, 11) is 1.84. The van der Waals surface area contributed by atoms with E-state index in [0.29, 0.717) is 18.0 Å². The van der Waals surface area contributed by atoms with Crippen molar-refractivity contribution < 1.29 is 0 Å². The molecule has 2 aromatic rings. The van der Waals surface area contributed by atoms with E-state index in [1.807, 2.05) is 25.8 Å². The van der Waals surface area contributed by atoms with Crippen molar-refractivity contribution in [1.82, 2.24) is 25.1 Å². The van der Waals surface area contributed by atoms with Crippen LogP contribution < -0.4 is 10.6 Å². The van der Waals surface area contributed by atoms with Gasteiger partial charge in [0.2, 0.25) is 0 Å². The number of aromatic nitrogens is 2. The Morgan fingerprint density at radius 1 is 1.22 bits per heavy atom. The first kappa shape index (κ1) is 19.4. The molecule has 1 aliphatic heterocycles. The van der Waals surface area contributed by atoms with Crippen LogP contribution in [0.2, 0.25) is 0 Å². The molecule has 2 atom stereocenters. The number of nitrogens with one attached hydrogen (secondary N) is 2. The summed E-state index contributed by atoms with van der Waals surface area (Å²) in [5, 5.41) is 7.05. The van der Waals surface area contributed by atoms with Crippen molar-refractivity contribution in [2.75, 3.05) is 20.1 Å². The maximum Gasteiger partial charge on any atom is 0.191 e. The summed E-state index contributed by atoms with van der Waals surface area (Å²) in [6.07, 6.45) is 5.63. The van der Waals surface area contributed by atoms with Gasteiger partial charge in [0.25, 0.3) is 0 Å². The maximum absolute atomic E-state index is 4.40. The van der Waals surface area contributed by atoms with Gasteiger partial charge in [-0.05, 0) is 30.9 Å². The van der Waals surface area contributed by atoms with E-state index in [-0.39, 0.29) is 0 Å². The highest BCUT2D eigenvalue weighted by atomic mass is 15.3. The lowest BCUT2D eigenvalue weighted by Gasteiger charge is -2.22. The van der Waals surface area contributed by atoms with Crippen LogP contribution in [0.5, 0.6) is 0 Å². The third-order valence-corrected chi connectivity index (χ3v) is 5.32. The number of guanidine groups is 1. The predicted octanol–water partition coefficient (Wildman–Crippen LogP) is 2.33. The molecule has 1 aliphatic rings. The zero-order valence-corrected chi connectivity index (χ0v) is 16.9. The van der Waals surface area contributed by atoms with Crippen LogP contribution in [-0.4, -0.2) is 52.6 Å². The smallest absolute Gasteiger partial charge is 0.191 e. The Labute approximate surface area is 162 Å². The number of nitrogens with zero attached hydrogens (tertiary/aromatic N) is 4. The first-order chi connectivity index (χ1) is 13.0. The minimum atomic E-state index is 0.441. The molecule has 6 heteroatoms. The summed E-state index contributed by atoms with van der Waals surface area (Å²) in [4.78, 5) is 11.0. The largest absolute Gasteiger partial charge is 0.352 e. The molecule has 3 rings (SSSR count). The molecule has 6 nitrogen and oxygen atoms in total. The molecule has 1 saturated heterocycles. The topological polar surface area (TPSA) is 57.5 Å². The van der Waals surface area contributed by atoms with Crippen molar-refractivity contribution in [2.45, 2.75) is 45.9 Å². The lowest BCUT2D eigenvalue weighted by Crippen LogP contribution is -2.46. The molecule has 1 aromatic carbocycles. The van der Waals surface area contributed by atoms with Crippen molar-refractivity contribution in [3.63, 3.8) is 0 Å². The molecular formula is C21H32N6. The monoisotopic (exact) mass is 368 g/mol. The number of rotatable bonds is 6. The van der Waals surface area contributed by atoms with Crippen LogP contribution in [-0.2, 0) is 13.1 Å². The summed E-state index contributed by atoms with van der Waals surface area (Å²) in [6, 6.07) is 9.72. The molecule has 0 amide bonds. The Hall–Kier alpha value is -2.34. The van der Waals surface area contributed by atoms with E-state index in [1.165, 1.54) is 11.1 Å². The second-order valence-corrected chi connectivity index (χ2v) is 7.75. The van der Waals surface area contributed by atoms with E-state index >= 15 is 0 Å². The summed E-state index contributed by atoms with van der Waals surface area (Å²) >= 11 is 0.